The highest BCUT2D eigenvalue weighted by molar-refractivity contribution is 5.61. The predicted octanol–water partition coefficient (Wildman–Crippen LogP) is 4.46. The molecule has 3 heteroatoms. The van der Waals surface area contributed by atoms with Crippen LogP contribution < -0.4 is 5.32 Å². The maximum Gasteiger partial charge on any atom is 0.0924 e. The second-order valence-corrected chi connectivity index (χ2v) is 5.76. The Kier molecular flexibility index (Phi) is 4.36. The van der Waals surface area contributed by atoms with Gasteiger partial charge in [0.15, 0.2) is 0 Å². The minimum Gasteiger partial charge on any atom is -0.385 e. The van der Waals surface area contributed by atoms with Crippen molar-refractivity contribution in [2.45, 2.75) is 38.5 Å². The van der Waals surface area contributed by atoms with Gasteiger partial charge < -0.3 is 10.3 Å². The summed E-state index contributed by atoms with van der Waals surface area (Å²) in [6.45, 7) is 1.09. The van der Waals surface area contributed by atoms with Crippen LogP contribution in [0.4, 0.5) is 5.69 Å². The van der Waals surface area contributed by atoms with Gasteiger partial charge in [0.2, 0.25) is 0 Å². The monoisotopic (exact) mass is 269 g/mol. The molecule has 1 fully saturated rings. The van der Waals surface area contributed by atoms with Crippen LogP contribution in [0.1, 0.15) is 38.5 Å². The van der Waals surface area contributed by atoms with E-state index in [2.05, 4.69) is 39.6 Å². The fourth-order valence-electron chi connectivity index (χ4n) is 3.08. The van der Waals surface area contributed by atoms with Crippen molar-refractivity contribution < 1.29 is 0 Å². The van der Waals surface area contributed by atoms with Gasteiger partial charge in [-0.1, -0.05) is 44.2 Å². The molecule has 0 unspecified atom stereocenters. The summed E-state index contributed by atoms with van der Waals surface area (Å²) in [4.78, 5) is 7.18. The van der Waals surface area contributed by atoms with Gasteiger partial charge in [0.05, 0.1) is 18.2 Å². The maximum atomic E-state index is 4.05. The van der Waals surface area contributed by atoms with E-state index in [0.29, 0.717) is 0 Å². The second kappa shape index (κ2) is 6.60. The summed E-state index contributed by atoms with van der Waals surface area (Å²) in [5.74, 6) is 0.945. The van der Waals surface area contributed by atoms with Crippen LogP contribution in [0.3, 0.4) is 0 Å². The lowest BCUT2D eigenvalue weighted by molar-refractivity contribution is 0.345. The molecule has 1 aromatic heterocycles. The van der Waals surface area contributed by atoms with Crippen molar-refractivity contribution in [3.8, 4) is 11.3 Å². The summed E-state index contributed by atoms with van der Waals surface area (Å²) in [5.41, 5.74) is 3.46. The van der Waals surface area contributed by atoms with E-state index in [1.807, 2.05) is 6.20 Å². The van der Waals surface area contributed by atoms with Crippen LogP contribution in [0.5, 0.6) is 0 Å². The van der Waals surface area contributed by atoms with E-state index in [-0.39, 0.29) is 0 Å². The summed E-state index contributed by atoms with van der Waals surface area (Å²) in [7, 11) is 0. The zero-order valence-electron chi connectivity index (χ0n) is 11.9. The lowest BCUT2D eigenvalue weighted by Crippen LogP contribution is -2.12. The largest absolute Gasteiger partial charge is 0.385 e. The number of hydrogen-bond acceptors (Lipinski definition) is 2. The van der Waals surface area contributed by atoms with Gasteiger partial charge in [-0.2, -0.15) is 0 Å². The number of nitrogens with zero attached hydrogens (tertiary/aromatic N) is 1. The Labute approximate surface area is 120 Å². The second-order valence-electron chi connectivity index (χ2n) is 5.76. The molecule has 1 aliphatic rings. The van der Waals surface area contributed by atoms with E-state index in [1.165, 1.54) is 49.8 Å². The van der Waals surface area contributed by atoms with Crippen LogP contribution >= 0.6 is 0 Å². The molecule has 1 heterocycles. The molecule has 2 N–H and O–H groups in total. The van der Waals surface area contributed by atoms with E-state index in [4.69, 9.17) is 0 Å². The highest BCUT2D eigenvalue weighted by Gasteiger charge is 2.12. The minimum absolute atomic E-state index is 0.945. The topological polar surface area (TPSA) is 40.7 Å². The van der Waals surface area contributed by atoms with Crippen LogP contribution in [-0.4, -0.2) is 16.5 Å². The first-order chi connectivity index (χ1) is 9.92. The Balaban J connectivity index is 1.48. The molecule has 3 rings (SSSR count). The fourth-order valence-corrected chi connectivity index (χ4v) is 3.08. The summed E-state index contributed by atoms with van der Waals surface area (Å²) in [6.07, 6.45) is 12.0. The molecule has 1 aromatic carbocycles. The highest BCUT2D eigenvalue weighted by Crippen LogP contribution is 2.26. The zero-order valence-corrected chi connectivity index (χ0v) is 11.9. The molecule has 3 nitrogen and oxygen atoms in total. The average molecular weight is 269 g/mol. The standard InChI is InChI=1S/C17H23N3/c1-2-4-14(5-3-1)10-11-19-16-8-6-15(7-9-16)17-12-18-13-20-17/h6-9,12-14,19H,1-5,10-11H2,(H,18,20). The smallest absolute Gasteiger partial charge is 0.0924 e. The van der Waals surface area contributed by atoms with Crippen molar-refractivity contribution in [1.29, 1.82) is 0 Å². The first-order valence-electron chi connectivity index (χ1n) is 7.74. The fraction of sp³-hybridized carbons (Fsp3) is 0.471. The van der Waals surface area contributed by atoms with Crippen molar-refractivity contribution in [3.63, 3.8) is 0 Å². The van der Waals surface area contributed by atoms with Crippen LogP contribution in [0, 0.1) is 5.92 Å². The Morgan fingerprint density at radius 2 is 1.90 bits per heavy atom. The molecular formula is C17H23N3. The summed E-state index contributed by atoms with van der Waals surface area (Å²) >= 11 is 0. The Morgan fingerprint density at radius 3 is 2.60 bits per heavy atom. The zero-order chi connectivity index (χ0) is 13.6. The Bertz CT molecular complexity index is 496. The molecule has 0 aliphatic heterocycles. The summed E-state index contributed by atoms with van der Waals surface area (Å²) < 4.78 is 0. The van der Waals surface area contributed by atoms with E-state index < -0.39 is 0 Å². The predicted molar refractivity (Wildman–Crippen MR) is 83.7 cm³/mol. The minimum atomic E-state index is 0.945. The summed E-state index contributed by atoms with van der Waals surface area (Å²) in [5, 5.41) is 3.54. The van der Waals surface area contributed by atoms with Crippen molar-refractivity contribution in [3.05, 3.63) is 36.8 Å². The number of rotatable bonds is 5. The molecule has 1 saturated carbocycles. The van der Waals surface area contributed by atoms with E-state index >= 15 is 0 Å². The van der Waals surface area contributed by atoms with Crippen LogP contribution in [-0.2, 0) is 0 Å². The Hall–Kier alpha value is -1.77. The molecule has 0 amide bonds. The number of nitrogens with one attached hydrogen (secondary N) is 2. The lowest BCUT2D eigenvalue weighted by atomic mass is 9.87. The van der Waals surface area contributed by atoms with Gasteiger partial charge in [-0.05, 0) is 30.0 Å². The van der Waals surface area contributed by atoms with E-state index in [1.54, 1.807) is 6.33 Å². The number of H-pyrrole nitrogens is 1. The van der Waals surface area contributed by atoms with E-state index in [0.717, 1.165) is 18.2 Å². The van der Waals surface area contributed by atoms with Gasteiger partial charge in [-0.25, -0.2) is 4.98 Å². The van der Waals surface area contributed by atoms with Gasteiger partial charge in [0, 0.05) is 12.2 Å². The number of imidazole rings is 1. The number of anilines is 1. The first-order valence-corrected chi connectivity index (χ1v) is 7.74. The molecule has 0 radical (unpaired) electrons. The van der Waals surface area contributed by atoms with Crippen molar-refractivity contribution in [1.82, 2.24) is 9.97 Å². The van der Waals surface area contributed by atoms with Crippen molar-refractivity contribution in [2.75, 3.05) is 11.9 Å². The van der Waals surface area contributed by atoms with Gasteiger partial charge in [-0.15, -0.1) is 0 Å². The normalized spacial score (nSPS) is 16.2. The maximum absolute atomic E-state index is 4.05. The average Bonchev–Trinajstić information content (AvgIpc) is 3.03. The molecule has 0 bridgehead atoms. The molecule has 0 atom stereocenters. The van der Waals surface area contributed by atoms with Gasteiger partial charge in [0.25, 0.3) is 0 Å². The molecule has 1 aliphatic carbocycles. The third kappa shape index (κ3) is 3.41. The van der Waals surface area contributed by atoms with Crippen LogP contribution in [0.25, 0.3) is 11.3 Å². The third-order valence-electron chi connectivity index (χ3n) is 4.30. The molecule has 2 aromatic rings. The van der Waals surface area contributed by atoms with Crippen molar-refractivity contribution in [2.24, 2.45) is 5.92 Å². The van der Waals surface area contributed by atoms with Crippen LogP contribution in [0.2, 0.25) is 0 Å². The molecule has 0 spiro atoms. The van der Waals surface area contributed by atoms with Gasteiger partial charge >= 0.3 is 0 Å². The number of benzene rings is 1. The Morgan fingerprint density at radius 1 is 1.10 bits per heavy atom. The number of aromatic amines is 1. The first kappa shape index (κ1) is 13.2. The molecule has 20 heavy (non-hydrogen) atoms. The number of hydrogen-bond donors (Lipinski definition) is 2. The number of aromatic nitrogens is 2. The molecule has 0 saturated heterocycles. The molecular weight excluding hydrogens is 246 g/mol. The third-order valence-corrected chi connectivity index (χ3v) is 4.30. The molecule has 106 valence electrons. The quantitative estimate of drug-likeness (QED) is 0.841. The van der Waals surface area contributed by atoms with Gasteiger partial charge in [-0.3, -0.25) is 0 Å². The van der Waals surface area contributed by atoms with Gasteiger partial charge in [0.1, 0.15) is 0 Å². The van der Waals surface area contributed by atoms with E-state index in [9.17, 15) is 0 Å². The van der Waals surface area contributed by atoms with Crippen LogP contribution in [0.15, 0.2) is 36.8 Å². The SMILES string of the molecule is c1ncc(-c2ccc(NCCC3CCCCC3)cc2)[nH]1. The lowest BCUT2D eigenvalue weighted by Gasteiger charge is -2.21. The highest BCUT2D eigenvalue weighted by atomic mass is 14.9. The van der Waals surface area contributed by atoms with Crippen molar-refractivity contribution >= 4 is 5.69 Å². The summed E-state index contributed by atoms with van der Waals surface area (Å²) in [6, 6.07) is 8.57.